The number of hydrogen-bond donors (Lipinski definition) is 2. The minimum atomic E-state index is -0.600. The minimum Gasteiger partial charge on any atom is -0.388 e. The molecule has 1 fully saturated rings. The van der Waals surface area contributed by atoms with Crippen molar-refractivity contribution in [1.82, 2.24) is 5.32 Å². The van der Waals surface area contributed by atoms with Crippen molar-refractivity contribution < 1.29 is 9.50 Å². The standard InChI is InChI=1S/C17H27FN2O/c1-12-9-16(14(10-15(12)18)13(2)19-3)20(4)11-17(21)7-5-6-8-17/h9-10,13,19,21H,5-8,11H2,1-4H3. The summed E-state index contributed by atoms with van der Waals surface area (Å²) in [5.74, 6) is -0.177. The Morgan fingerprint density at radius 3 is 2.57 bits per heavy atom. The van der Waals surface area contributed by atoms with Gasteiger partial charge in [-0.05, 0) is 57.0 Å². The van der Waals surface area contributed by atoms with Gasteiger partial charge in [-0.15, -0.1) is 0 Å². The van der Waals surface area contributed by atoms with Gasteiger partial charge in [-0.2, -0.15) is 0 Å². The first kappa shape index (κ1) is 16.2. The number of aryl methyl sites for hydroxylation is 1. The van der Waals surface area contributed by atoms with Gasteiger partial charge in [0.1, 0.15) is 5.82 Å². The molecule has 2 rings (SSSR count). The number of likely N-dealkylation sites (N-methyl/N-ethyl adjacent to an activating group) is 1. The maximum Gasteiger partial charge on any atom is 0.126 e. The highest BCUT2D eigenvalue weighted by atomic mass is 19.1. The average Bonchev–Trinajstić information content (AvgIpc) is 2.86. The number of benzene rings is 1. The van der Waals surface area contributed by atoms with E-state index in [1.54, 1.807) is 13.0 Å². The third-order valence-electron chi connectivity index (χ3n) is 4.68. The number of anilines is 1. The van der Waals surface area contributed by atoms with Crippen LogP contribution in [0.5, 0.6) is 0 Å². The molecule has 0 aliphatic heterocycles. The normalized spacial score (nSPS) is 18.8. The zero-order chi connectivity index (χ0) is 15.6. The molecule has 1 atom stereocenters. The van der Waals surface area contributed by atoms with Crippen molar-refractivity contribution in [2.24, 2.45) is 0 Å². The van der Waals surface area contributed by atoms with E-state index in [2.05, 4.69) is 10.2 Å². The summed E-state index contributed by atoms with van der Waals surface area (Å²) in [5, 5.41) is 13.8. The summed E-state index contributed by atoms with van der Waals surface area (Å²) >= 11 is 0. The lowest BCUT2D eigenvalue weighted by atomic mass is 9.98. The van der Waals surface area contributed by atoms with Gasteiger partial charge in [-0.25, -0.2) is 4.39 Å². The van der Waals surface area contributed by atoms with Crippen molar-refractivity contribution >= 4 is 5.69 Å². The monoisotopic (exact) mass is 294 g/mol. The van der Waals surface area contributed by atoms with Crippen molar-refractivity contribution in [2.45, 2.75) is 51.2 Å². The van der Waals surface area contributed by atoms with Gasteiger partial charge in [-0.1, -0.05) is 12.8 Å². The smallest absolute Gasteiger partial charge is 0.126 e. The highest BCUT2D eigenvalue weighted by molar-refractivity contribution is 5.57. The van der Waals surface area contributed by atoms with Crippen LogP contribution >= 0.6 is 0 Å². The number of aliphatic hydroxyl groups is 1. The second-order valence-electron chi connectivity index (χ2n) is 6.46. The lowest BCUT2D eigenvalue weighted by Crippen LogP contribution is -2.39. The summed E-state index contributed by atoms with van der Waals surface area (Å²) < 4.78 is 13.9. The first-order chi connectivity index (χ1) is 9.86. The van der Waals surface area contributed by atoms with Gasteiger partial charge < -0.3 is 15.3 Å². The van der Waals surface area contributed by atoms with Crippen molar-refractivity contribution in [1.29, 1.82) is 0 Å². The summed E-state index contributed by atoms with van der Waals surface area (Å²) in [6.07, 6.45) is 3.89. The predicted molar refractivity (Wildman–Crippen MR) is 85.3 cm³/mol. The van der Waals surface area contributed by atoms with E-state index in [4.69, 9.17) is 0 Å². The van der Waals surface area contributed by atoms with Crippen LogP contribution in [0.2, 0.25) is 0 Å². The molecule has 1 aromatic carbocycles. The third-order valence-corrected chi connectivity index (χ3v) is 4.68. The van der Waals surface area contributed by atoms with Crippen LogP contribution in [0.15, 0.2) is 12.1 Å². The molecule has 4 heteroatoms. The Kier molecular flexibility index (Phi) is 4.89. The van der Waals surface area contributed by atoms with Crippen molar-refractivity contribution in [3.63, 3.8) is 0 Å². The maximum absolute atomic E-state index is 13.9. The highest BCUT2D eigenvalue weighted by Gasteiger charge is 2.33. The van der Waals surface area contributed by atoms with Gasteiger partial charge in [0, 0.05) is 25.3 Å². The van der Waals surface area contributed by atoms with E-state index in [0.29, 0.717) is 12.1 Å². The van der Waals surface area contributed by atoms with Crippen LogP contribution in [0.4, 0.5) is 10.1 Å². The first-order valence-corrected chi connectivity index (χ1v) is 7.77. The molecule has 1 saturated carbocycles. The molecule has 0 bridgehead atoms. The lowest BCUT2D eigenvalue weighted by Gasteiger charge is -2.32. The fourth-order valence-corrected chi connectivity index (χ4v) is 3.23. The Labute approximate surface area is 127 Å². The summed E-state index contributed by atoms with van der Waals surface area (Å²) in [7, 11) is 3.85. The Morgan fingerprint density at radius 2 is 2.00 bits per heavy atom. The SMILES string of the molecule is CNC(C)c1cc(F)c(C)cc1N(C)CC1(O)CCCC1. The Morgan fingerprint density at radius 1 is 1.38 bits per heavy atom. The van der Waals surface area contributed by atoms with Crippen LogP contribution in [0.1, 0.15) is 49.8 Å². The highest BCUT2D eigenvalue weighted by Crippen LogP contribution is 2.34. The number of nitrogens with one attached hydrogen (secondary N) is 1. The van der Waals surface area contributed by atoms with E-state index in [1.807, 2.05) is 27.1 Å². The molecule has 0 heterocycles. The summed E-state index contributed by atoms with van der Waals surface area (Å²) in [6.45, 7) is 4.40. The van der Waals surface area contributed by atoms with Crippen molar-refractivity contribution in [3.05, 3.63) is 29.1 Å². The zero-order valence-electron chi connectivity index (χ0n) is 13.5. The molecule has 21 heavy (non-hydrogen) atoms. The third kappa shape index (κ3) is 3.55. The fourth-order valence-electron chi connectivity index (χ4n) is 3.23. The van der Waals surface area contributed by atoms with Crippen LogP contribution in [-0.4, -0.2) is 31.3 Å². The first-order valence-electron chi connectivity index (χ1n) is 7.77. The zero-order valence-corrected chi connectivity index (χ0v) is 13.5. The number of halogens is 1. The maximum atomic E-state index is 13.9. The molecule has 0 saturated heterocycles. The molecular weight excluding hydrogens is 267 g/mol. The molecule has 1 aliphatic carbocycles. The predicted octanol–water partition coefficient (Wildman–Crippen LogP) is 3.16. The molecule has 0 spiro atoms. The molecule has 118 valence electrons. The van der Waals surface area contributed by atoms with Gasteiger partial charge in [0.15, 0.2) is 0 Å². The minimum absolute atomic E-state index is 0.0655. The molecule has 0 radical (unpaired) electrons. The molecule has 0 aromatic heterocycles. The topological polar surface area (TPSA) is 35.5 Å². The largest absolute Gasteiger partial charge is 0.388 e. The van der Waals surface area contributed by atoms with E-state index in [9.17, 15) is 9.50 Å². The van der Waals surface area contributed by atoms with Crippen LogP contribution in [0, 0.1) is 12.7 Å². The van der Waals surface area contributed by atoms with E-state index in [1.165, 1.54) is 0 Å². The van der Waals surface area contributed by atoms with Crippen LogP contribution in [-0.2, 0) is 0 Å². The second kappa shape index (κ2) is 6.32. The van der Waals surface area contributed by atoms with Crippen molar-refractivity contribution in [2.75, 3.05) is 25.5 Å². The molecular formula is C17H27FN2O. The quantitative estimate of drug-likeness (QED) is 0.875. The summed E-state index contributed by atoms with van der Waals surface area (Å²) in [6, 6.07) is 3.56. The van der Waals surface area contributed by atoms with Gasteiger partial charge in [0.2, 0.25) is 0 Å². The average molecular weight is 294 g/mol. The molecule has 1 aromatic rings. The molecule has 2 N–H and O–H groups in total. The Balaban J connectivity index is 2.30. The van der Waals surface area contributed by atoms with Crippen LogP contribution in [0.25, 0.3) is 0 Å². The van der Waals surface area contributed by atoms with Gasteiger partial charge >= 0.3 is 0 Å². The summed E-state index contributed by atoms with van der Waals surface area (Å²) in [5.41, 5.74) is 1.97. The molecule has 3 nitrogen and oxygen atoms in total. The van der Waals surface area contributed by atoms with Gasteiger partial charge in [0.05, 0.1) is 5.60 Å². The Hall–Kier alpha value is -1.13. The number of nitrogens with zero attached hydrogens (tertiary/aromatic N) is 1. The van der Waals surface area contributed by atoms with Crippen LogP contribution < -0.4 is 10.2 Å². The number of rotatable bonds is 5. The fraction of sp³-hybridized carbons (Fsp3) is 0.647. The lowest BCUT2D eigenvalue weighted by molar-refractivity contribution is 0.0559. The molecule has 1 aliphatic rings. The van der Waals surface area contributed by atoms with Gasteiger partial charge in [0.25, 0.3) is 0 Å². The van der Waals surface area contributed by atoms with Crippen molar-refractivity contribution in [3.8, 4) is 0 Å². The van der Waals surface area contributed by atoms with E-state index in [-0.39, 0.29) is 11.9 Å². The van der Waals surface area contributed by atoms with E-state index in [0.717, 1.165) is 36.9 Å². The summed E-state index contributed by atoms with van der Waals surface area (Å²) in [4.78, 5) is 2.07. The Bertz CT molecular complexity index is 498. The van der Waals surface area contributed by atoms with E-state index >= 15 is 0 Å². The molecule has 0 amide bonds. The molecule has 1 unspecified atom stereocenters. The van der Waals surface area contributed by atoms with E-state index < -0.39 is 5.60 Å². The van der Waals surface area contributed by atoms with Gasteiger partial charge in [-0.3, -0.25) is 0 Å². The number of hydrogen-bond acceptors (Lipinski definition) is 3. The second-order valence-corrected chi connectivity index (χ2v) is 6.46. The van der Waals surface area contributed by atoms with Crippen LogP contribution in [0.3, 0.4) is 0 Å².